The average molecular weight is 267 g/mol. The van der Waals surface area contributed by atoms with Gasteiger partial charge < -0.3 is 15.0 Å². The molecule has 0 amide bonds. The van der Waals surface area contributed by atoms with Crippen molar-refractivity contribution >= 4 is 22.7 Å². The van der Waals surface area contributed by atoms with Gasteiger partial charge in [0.2, 0.25) is 5.95 Å². The third kappa shape index (κ3) is 2.09. The van der Waals surface area contributed by atoms with E-state index in [-0.39, 0.29) is 0 Å². The van der Waals surface area contributed by atoms with E-state index < -0.39 is 0 Å². The summed E-state index contributed by atoms with van der Waals surface area (Å²) in [7, 11) is 1.69. The molecule has 4 heteroatoms. The number of rotatable bonds is 3. The number of aromatic amines is 1. The molecule has 0 radical (unpaired) electrons. The van der Waals surface area contributed by atoms with E-state index in [0.717, 1.165) is 39.5 Å². The molecule has 0 aliphatic rings. The molecule has 0 spiro atoms. The molecule has 2 N–H and O–H groups in total. The molecule has 1 heterocycles. The highest BCUT2D eigenvalue weighted by molar-refractivity contribution is 5.78. The molecule has 0 aliphatic carbocycles. The third-order valence-corrected chi connectivity index (χ3v) is 3.60. The van der Waals surface area contributed by atoms with Gasteiger partial charge in [0.1, 0.15) is 5.75 Å². The minimum Gasteiger partial charge on any atom is -0.496 e. The van der Waals surface area contributed by atoms with Crippen molar-refractivity contribution in [2.45, 2.75) is 13.8 Å². The van der Waals surface area contributed by atoms with Crippen LogP contribution in [0.5, 0.6) is 5.75 Å². The van der Waals surface area contributed by atoms with Crippen molar-refractivity contribution in [3.63, 3.8) is 0 Å². The van der Waals surface area contributed by atoms with Crippen molar-refractivity contribution in [2.24, 2.45) is 0 Å². The summed E-state index contributed by atoms with van der Waals surface area (Å²) in [6, 6.07) is 12.0. The zero-order chi connectivity index (χ0) is 14.1. The van der Waals surface area contributed by atoms with Crippen molar-refractivity contribution < 1.29 is 4.74 Å². The minimum absolute atomic E-state index is 0.749. The summed E-state index contributed by atoms with van der Waals surface area (Å²) >= 11 is 0. The van der Waals surface area contributed by atoms with Crippen LogP contribution in [-0.2, 0) is 0 Å². The molecular weight excluding hydrogens is 250 g/mol. The first-order chi connectivity index (χ1) is 9.69. The van der Waals surface area contributed by atoms with E-state index in [4.69, 9.17) is 4.74 Å². The molecule has 3 rings (SSSR count). The lowest BCUT2D eigenvalue weighted by molar-refractivity contribution is 0.411. The van der Waals surface area contributed by atoms with Crippen molar-refractivity contribution in [2.75, 3.05) is 12.4 Å². The van der Waals surface area contributed by atoms with Gasteiger partial charge in [-0.25, -0.2) is 4.98 Å². The van der Waals surface area contributed by atoms with Crippen LogP contribution in [0.1, 0.15) is 11.1 Å². The van der Waals surface area contributed by atoms with Crippen LogP contribution in [0.2, 0.25) is 0 Å². The fraction of sp³-hybridized carbons (Fsp3) is 0.188. The van der Waals surface area contributed by atoms with E-state index in [0.29, 0.717) is 0 Å². The number of hydrogen-bond acceptors (Lipinski definition) is 3. The van der Waals surface area contributed by atoms with Crippen LogP contribution in [-0.4, -0.2) is 17.1 Å². The van der Waals surface area contributed by atoms with Crippen LogP contribution >= 0.6 is 0 Å². The van der Waals surface area contributed by atoms with Crippen LogP contribution in [0.15, 0.2) is 36.4 Å². The number of benzene rings is 2. The van der Waals surface area contributed by atoms with Crippen LogP contribution in [0.25, 0.3) is 11.0 Å². The Balaban J connectivity index is 1.96. The molecule has 0 saturated heterocycles. The fourth-order valence-corrected chi connectivity index (χ4v) is 2.29. The van der Waals surface area contributed by atoms with E-state index in [1.807, 2.05) is 36.4 Å². The monoisotopic (exact) mass is 267 g/mol. The van der Waals surface area contributed by atoms with E-state index >= 15 is 0 Å². The second kappa shape index (κ2) is 4.89. The van der Waals surface area contributed by atoms with Gasteiger partial charge in [0.15, 0.2) is 0 Å². The Bertz CT molecular complexity index is 729. The molecule has 0 fully saturated rings. The number of fused-ring (bicyclic) bond motifs is 1. The number of para-hydroxylation sites is 2. The second-order valence-electron chi connectivity index (χ2n) is 4.79. The van der Waals surface area contributed by atoms with Gasteiger partial charge in [-0.15, -0.1) is 0 Å². The molecule has 0 atom stereocenters. The smallest absolute Gasteiger partial charge is 0.205 e. The van der Waals surface area contributed by atoms with Crippen molar-refractivity contribution in [1.29, 1.82) is 0 Å². The number of hydrogen-bond donors (Lipinski definition) is 2. The highest BCUT2D eigenvalue weighted by Crippen LogP contribution is 2.29. The molecule has 0 aliphatic heterocycles. The Kier molecular flexibility index (Phi) is 3.06. The van der Waals surface area contributed by atoms with E-state index in [9.17, 15) is 0 Å². The maximum atomic E-state index is 5.33. The van der Waals surface area contributed by atoms with E-state index in [1.165, 1.54) is 0 Å². The first-order valence-corrected chi connectivity index (χ1v) is 6.55. The molecule has 0 unspecified atom stereocenters. The molecule has 4 nitrogen and oxygen atoms in total. The predicted molar refractivity (Wildman–Crippen MR) is 81.8 cm³/mol. The summed E-state index contributed by atoms with van der Waals surface area (Å²) in [4.78, 5) is 7.79. The van der Waals surface area contributed by atoms with Crippen LogP contribution in [0.4, 0.5) is 11.6 Å². The Morgan fingerprint density at radius 1 is 1.05 bits per heavy atom. The quantitative estimate of drug-likeness (QED) is 0.756. The Morgan fingerprint density at radius 2 is 1.85 bits per heavy atom. The molecule has 0 saturated carbocycles. The summed E-state index contributed by atoms with van der Waals surface area (Å²) in [5, 5.41) is 3.33. The van der Waals surface area contributed by atoms with Gasteiger partial charge >= 0.3 is 0 Å². The molecule has 1 aromatic heterocycles. The van der Waals surface area contributed by atoms with Crippen LogP contribution in [0, 0.1) is 13.8 Å². The van der Waals surface area contributed by atoms with Gasteiger partial charge in [0.05, 0.1) is 18.1 Å². The van der Waals surface area contributed by atoms with Gasteiger partial charge in [-0.1, -0.05) is 12.1 Å². The number of anilines is 2. The highest BCUT2D eigenvalue weighted by Gasteiger charge is 2.08. The Labute approximate surface area is 117 Å². The minimum atomic E-state index is 0.749. The first kappa shape index (κ1) is 12.5. The summed E-state index contributed by atoms with van der Waals surface area (Å²) in [6.45, 7) is 4.13. The maximum absolute atomic E-state index is 5.33. The number of aromatic nitrogens is 2. The lowest BCUT2D eigenvalue weighted by Gasteiger charge is -2.12. The van der Waals surface area contributed by atoms with Gasteiger partial charge in [-0.3, -0.25) is 0 Å². The zero-order valence-corrected chi connectivity index (χ0v) is 11.8. The third-order valence-electron chi connectivity index (χ3n) is 3.60. The SMILES string of the molecule is COc1ccc(Nc2nc3ccccc3[nH]2)c(C)c1C. The number of methoxy groups -OCH3 is 1. The first-order valence-electron chi connectivity index (χ1n) is 6.55. The van der Waals surface area contributed by atoms with Gasteiger partial charge in [0, 0.05) is 5.69 Å². The van der Waals surface area contributed by atoms with E-state index in [1.54, 1.807) is 7.11 Å². The number of ether oxygens (including phenoxy) is 1. The van der Waals surface area contributed by atoms with Crippen LogP contribution < -0.4 is 10.1 Å². The number of nitrogens with one attached hydrogen (secondary N) is 2. The Morgan fingerprint density at radius 3 is 2.60 bits per heavy atom. The van der Waals surface area contributed by atoms with E-state index in [2.05, 4.69) is 29.1 Å². The standard InChI is InChI=1S/C16H17N3O/c1-10-11(2)15(20-3)9-8-12(10)17-16-18-13-6-4-5-7-14(13)19-16/h4-9H,1-3H3,(H2,17,18,19). The topological polar surface area (TPSA) is 49.9 Å². The summed E-state index contributed by atoms with van der Waals surface area (Å²) in [5.74, 6) is 1.65. The zero-order valence-electron chi connectivity index (χ0n) is 11.8. The van der Waals surface area contributed by atoms with Gasteiger partial charge in [-0.2, -0.15) is 0 Å². The summed E-state index contributed by atoms with van der Waals surface area (Å²) < 4.78 is 5.33. The predicted octanol–water partition coefficient (Wildman–Crippen LogP) is 3.93. The van der Waals surface area contributed by atoms with Gasteiger partial charge in [0.25, 0.3) is 0 Å². The van der Waals surface area contributed by atoms with Gasteiger partial charge in [-0.05, 0) is 49.2 Å². The van der Waals surface area contributed by atoms with Crippen molar-refractivity contribution in [1.82, 2.24) is 9.97 Å². The molecular formula is C16H17N3O. The lowest BCUT2D eigenvalue weighted by atomic mass is 10.1. The number of nitrogens with zero attached hydrogens (tertiary/aromatic N) is 1. The average Bonchev–Trinajstić information content (AvgIpc) is 2.86. The Hall–Kier alpha value is -2.49. The largest absolute Gasteiger partial charge is 0.496 e. The highest BCUT2D eigenvalue weighted by atomic mass is 16.5. The van der Waals surface area contributed by atoms with Crippen molar-refractivity contribution in [3.05, 3.63) is 47.5 Å². The fourth-order valence-electron chi connectivity index (χ4n) is 2.29. The van der Waals surface area contributed by atoms with Crippen molar-refractivity contribution in [3.8, 4) is 5.75 Å². The molecule has 0 bridgehead atoms. The molecule has 20 heavy (non-hydrogen) atoms. The maximum Gasteiger partial charge on any atom is 0.205 e. The number of H-pyrrole nitrogens is 1. The normalized spacial score (nSPS) is 10.8. The van der Waals surface area contributed by atoms with Crippen LogP contribution in [0.3, 0.4) is 0 Å². The summed E-state index contributed by atoms with van der Waals surface area (Å²) in [6.07, 6.45) is 0. The molecule has 2 aromatic carbocycles. The molecule has 102 valence electrons. The number of imidazole rings is 1. The molecule has 3 aromatic rings. The summed E-state index contributed by atoms with van der Waals surface area (Å²) in [5.41, 5.74) is 5.30. The second-order valence-corrected chi connectivity index (χ2v) is 4.79. The lowest BCUT2D eigenvalue weighted by Crippen LogP contribution is -1.98.